The van der Waals surface area contributed by atoms with Crippen LogP contribution in [0.25, 0.3) is 0 Å². The molecule has 20 atom stereocenters. The SMILES string of the molecule is CO.COC(=O)CC[C@@H](C)[C@H]1CC[C@H]2[C@@H]3C[C@H](O)[C@@H]4C[C@H](O)CC[C@]4(C)[C@H]3CC[C@]12C.C[C@H](CCC(=O)O)[C@H]1CC[C@H]2[C@@H]3C[C@H](O)[C@@H]4C[C@H](O)CC[C@]4(C)[C@H]3CC[C@]12C.O=S(=O)(O)O. The third kappa shape index (κ3) is 10.9. The van der Waals surface area contributed by atoms with Gasteiger partial charge in [-0.1, -0.05) is 41.5 Å². The van der Waals surface area contributed by atoms with Crippen molar-refractivity contribution in [3.05, 3.63) is 0 Å². The molecular weight excluding hydrogens is 841 g/mol. The molecule has 372 valence electrons. The van der Waals surface area contributed by atoms with Gasteiger partial charge in [0.05, 0.1) is 31.5 Å². The molecule has 0 amide bonds. The Kier molecular flexibility index (Phi) is 17.6. The van der Waals surface area contributed by atoms with Crippen molar-refractivity contribution in [2.75, 3.05) is 14.2 Å². The Balaban J connectivity index is 0.000000211. The molecule has 0 aliphatic heterocycles. The maximum atomic E-state index is 11.6. The Morgan fingerprint density at radius 1 is 0.562 bits per heavy atom. The number of esters is 1. The average Bonchev–Trinajstić information content (AvgIpc) is 3.78. The lowest BCUT2D eigenvalue weighted by atomic mass is 9.43. The quantitative estimate of drug-likeness (QED) is 0.0852. The minimum atomic E-state index is -4.67. The molecule has 8 rings (SSSR count). The van der Waals surface area contributed by atoms with Gasteiger partial charge < -0.3 is 35.4 Å². The van der Waals surface area contributed by atoms with E-state index >= 15 is 0 Å². The van der Waals surface area contributed by atoms with Gasteiger partial charge in [-0.25, -0.2) is 0 Å². The van der Waals surface area contributed by atoms with Crippen LogP contribution in [0.5, 0.6) is 0 Å². The predicted octanol–water partition coefficient (Wildman–Crippen LogP) is 8.00. The summed E-state index contributed by atoms with van der Waals surface area (Å²) in [4.78, 5) is 22.7. The van der Waals surface area contributed by atoms with Crippen molar-refractivity contribution in [1.29, 1.82) is 0 Å². The first kappa shape index (κ1) is 53.6. The Hall–Kier alpha value is -1.39. The number of aliphatic hydroxyl groups is 5. The summed E-state index contributed by atoms with van der Waals surface area (Å²) in [6.07, 6.45) is 18.9. The number of aliphatic hydroxyl groups excluding tert-OH is 5. The Morgan fingerprint density at radius 2 is 0.906 bits per heavy atom. The average molecular weight is 929 g/mol. The number of fused-ring (bicyclic) bond motifs is 10. The van der Waals surface area contributed by atoms with Gasteiger partial charge in [0.15, 0.2) is 0 Å². The molecule has 0 aromatic carbocycles. The number of carboxylic acid groups (broad SMARTS) is 1. The number of methoxy groups -OCH3 is 1. The van der Waals surface area contributed by atoms with Crippen LogP contribution in [0.15, 0.2) is 0 Å². The second-order valence-electron chi connectivity index (χ2n) is 23.3. The molecule has 0 radical (unpaired) electrons. The van der Waals surface area contributed by atoms with Gasteiger partial charge in [-0.05, 0) is 208 Å². The van der Waals surface area contributed by atoms with E-state index in [4.69, 9.17) is 32.5 Å². The summed E-state index contributed by atoms with van der Waals surface area (Å²) in [5.74, 6) is 6.04. The molecule has 13 nitrogen and oxygen atoms in total. The molecule has 0 saturated heterocycles. The van der Waals surface area contributed by atoms with Crippen LogP contribution in [0, 0.1) is 92.7 Å². The Labute approximate surface area is 384 Å². The molecule has 64 heavy (non-hydrogen) atoms. The zero-order valence-electron chi connectivity index (χ0n) is 40.4. The lowest BCUT2D eigenvalue weighted by molar-refractivity contribution is -0.172. The highest BCUT2D eigenvalue weighted by Crippen LogP contribution is 2.70. The van der Waals surface area contributed by atoms with Gasteiger partial charge in [0.1, 0.15) is 0 Å². The van der Waals surface area contributed by atoms with Crippen LogP contribution >= 0.6 is 0 Å². The number of carbonyl (C=O) groups is 2. The van der Waals surface area contributed by atoms with Crippen molar-refractivity contribution in [1.82, 2.24) is 0 Å². The smallest absolute Gasteiger partial charge is 0.394 e. The fourth-order valence-electron chi connectivity index (χ4n) is 17.7. The lowest BCUT2D eigenvalue weighted by Crippen LogP contribution is -2.58. The molecular formula is C50H88O13S. The minimum Gasteiger partial charge on any atom is -0.481 e. The molecule has 0 aromatic heterocycles. The van der Waals surface area contributed by atoms with E-state index in [1.165, 1.54) is 58.5 Å². The summed E-state index contributed by atoms with van der Waals surface area (Å²) >= 11 is 0. The first-order valence-corrected chi connectivity index (χ1v) is 26.4. The zero-order chi connectivity index (χ0) is 47.7. The molecule has 0 aromatic rings. The third-order valence-corrected chi connectivity index (χ3v) is 20.7. The number of hydrogen-bond donors (Lipinski definition) is 8. The summed E-state index contributed by atoms with van der Waals surface area (Å²) < 4.78 is 36.4. The van der Waals surface area contributed by atoms with E-state index in [1.54, 1.807) is 0 Å². The van der Waals surface area contributed by atoms with Crippen molar-refractivity contribution in [3.63, 3.8) is 0 Å². The summed E-state index contributed by atoms with van der Waals surface area (Å²) in [5.41, 5.74) is 1.01. The van der Waals surface area contributed by atoms with Crippen LogP contribution in [-0.2, 0) is 24.7 Å². The molecule has 8 aliphatic carbocycles. The summed E-state index contributed by atoms with van der Waals surface area (Å²) in [7, 11) is -2.19. The van der Waals surface area contributed by atoms with E-state index < -0.39 is 16.4 Å². The zero-order valence-corrected chi connectivity index (χ0v) is 41.2. The van der Waals surface area contributed by atoms with E-state index in [9.17, 15) is 30.0 Å². The molecule has 14 heteroatoms. The maximum Gasteiger partial charge on any atom is 0.394 e. The predicted molar refractivity (Wildman–Crippen MR) is 244 cm³/mol. The normalized spacial score (nSPS) is 46.4. The van der Waals surface area contributed by atoms with Crippen molar-refractivity contribution in [3.8, 4) is 0 Å². The van der Waals surface area contributed by atoms with Crippen molar-refractivity contribution in [2.45, 2.75) is 194 Å². The van der Waals surface area contributed by atoms with Crippen LogP contribution in [0.1, 0.15) is 170 Å². The number of hydrogen-bond acceptors (Lipinski definition) is 10. The van der Waals surface area contributed by atoms with E-state index in [1.807, 2.05) is 0 Å². The molecule has 0 unspecified atom stereocenters. The molecule has 0 heterocycles. The first-order chi connectivity index (χ1) is 29.9. The van der Waals surface area contributed by atoms with Crippen molar-refractivity contribution < 1.29 is 62.5 Å². The summed E-state index contributed by atoms with van der Waals surface area (Å²) in [6, 6.07) is 0. The molecule has 0 bridgehead atoms. The van der Waals surface area contributed by atoms with Crippen LogP contribution in [0.2, 0.25) is 0 Å². The maximum absolute atomic E-state index is 11.6. The fraction of sp³-hybridized carbons (Fsp3) is 0.960. The van der Waals surface area contributed by atoms with Gasteiger partial charge >= 0.3 is 22.3 Å². The lowest BCUT2D eigenvalue weighted by Gasteiger charge is -2.62. The largest absolute Gasteiger partial charge is 0.481 e. The second kappa shape index (κ2) is 21.1. The van der Waals surface area contributed by atoms with Gasteiger partial charge in [-0.3, -0.25) is 18.7 Å². The Morgan fingerprint density at radius 3 is 1.27 bits per heavy atom. The highest BCUT2D eigenvalue weighted by atomic mass is 32.3. The first-order valence-electron chi connectivity index (χ1n) is 25.0. The van der Waals surface area contributed by atoms with Crippen LogP contribution in [0.3, 0.4) is 0 Å². The topological polar surface area (TPSA) is 239 Å². The molecule has 8 aliphatic rings. The van der Waals surface area contributed by atoms with Crippen molar-refractivity contribution in [2.24, 2.45) is 92.7 Å². The second-order valence-corrected chi connectivity index (χ2v) is 24.2. The number of ether oxygens (including phenoxy) is 1. The van der Waals surface area contributed by atoms with Crippen LogP contribution in [-0.4, -0.2) is 98.7 Å². The molecule has 8 N–H and O–H groups in total. The third-order valence-electron chi connectivity index (χ3n) is 20.7. The number of carbonyl (C=O) groups excluding carboxylic acids is 1. The monoisotopic (exact) mass is 929 g/mol. The number of carboxylic acids is 1. The fourth-order valence-corrected chi connectivity index (χ4v) is 17.7. The van der Waals surface area contributed by atoms with E-state index in [0.717, 1.165) is 71.3 Å². The standard InChI is InChI=1S/C25H42O4.C24H40O4.CH4O.H2O4S/c1-15(5-8-23(28)29-4)18-6-7-19-17-14-22(27)21-13-16(26)9-11-25(21,3)20(17)10-12-24(18,19)2;1-14(4-7-22(27)28)17-5-6-18-16-13-21(26)20-12-15(25)8-10-24(20,3)19(16)9-11-23(17,18)2;1-2;1-5(2,3)4/h15-22,26-27H,5-14H2,1-4H3;14-21,25-26H,4-13H2,1-3H3,(H,27,28);2H,1H3;(H2,1,2,3,4)/t15-,16-,17+,18-,19+,20+,21+,22+,24-,25-;14-,15-,16+,17-,18+,19+,20+,21+,23-,24-;;/m11../s1. The Bertz CT molecular complexity index is 1670. The van der Waals surface area contributed by atoms with Gasteiger partial charge in [0, 0.05) is 20.0 Å². The van der Waals surface area contributed by atoms with E-state index in [2.05, 4.69) is 41.5 Å². The van der Waals surface area contributed by atoms with Crippen LogP contribution in [0.4, 0.5) is 0 Å². The van der Waals surface area contributed by atoms with Gasteiger partial charge in [0.25, 0.3) is 0 Å². The minimum absolute atomic E-state index is 0.0888. The molecule has 0 spiro atoms. The summed E-state index contributed by atoms with van der Waals surface area (Å²) in [5, 5.41) is 58.7. The van der Waals surface area contributed by atoms with E-state index in [-0.39, 0.29) is 59.5 Å². The summed E-state index contributed by atoms with van der Waals surface area (Å²) in [6.45, 7) is 14.4. The highest BCUT2D eigenvalue weighted by Gasteiger charge is 2.64. The van der Waals surface area contributed by atoms with E-state index in [0.29, 0.717) is 76.4 Å². The van der Waals surface area contributed by atoms with Crippen LogP contribution < -0.4 is 0 Å². The van der Waals surface area contributed by atoms with Gasteiger partial charge in [0.2, 0.25) is 0 Å². The molecule has 8 saturated carbocycles. The number of rotatable bonds is 8. The number of aliphatic carboxylic acids is 1. The van der Waals surface area contributed by atoms with Gasteiger partial charge in [-0.2, -0.15) is 8.42 Å². The van der Waals surface area contributed by atoms with Gasteiger partial charge in [-0.15, -0.1) is 0 Å². The van der Waals surface area contributed by atoms with Crippen molar-refractivity contribution >= 4 is 22.3 Å². The molecule has 8 fully saturated rings. The highest BCUT2D eigenvalue weighted by molar-refractivity contribution is 7.79.